The zero-order chi connectivity index (χ0) is 102. The Morgan fingerprint density at radius 1 is 0.295 bits per heavy atom. The Kier molecular flexibility index (Phi) is 38.7. The summed E-state index contributed by atoms with van der Waals surface area (Å²) in [5.41, 5.74) is 21.7. The van der Waals surface area contributed by atoms with Gasteiger partial charge in [-0.25, -0.2) is 9.97 Å². The van der Waals surface area contributed by atoms with Crippen LogP contribution in [0.1, 0.15) is 86.1 Å². The van der Waals surface area contributed by atoms with Crippen LogP contribution in [0.3, 0.4) is 0 Å². The van der Waals surface area contributed by atoms with Gasteiger partial charge < -0.3 is 50.4 Å². The van der Waals surface area contributed by atoms with E-state index in [-0.39, 0.29) is 94.9 Å². The van der Waals surface area contributed by atoms with Gasteiger partial charge in [-0.3, -0.25) is 14.4 Å². The van der Waals surface area contributed by atoms with Crippen LogP contribution in [0.5, 0.6) is 0 Å². The molecule has 5 aromatic heterocycles. The number of aliphatic hydroxyl groups excluding tert-OH is 3. The van der Waals surface area contributed by atoms with Crippen molar-refractivity contribution in [3.05, 3.63) is 524 Å². The predicted octanol–water partition coefficient (Wildman–Crippen LogP) is 33.0. The molecule has 742 valence electrons. The van der Waals surface area contributed by atoms with Crippen molar-refractivity contribution >= 4 is 147 Å². The predicted molar refractivity (Wildman–Crippen MR) is 612 cm³/mol. The number of rotatable bonds is 9. The summed E-state index contributed by atoms with van der Waals surface area (Å²) >= 11 is 0. The van der Waals surface area contributed by atoms with Gasteiger partial charge in [0, 0.05) is 110 Å². The summed E-state index contributed by atoms with van der Waals surface area (Å²) in [4.78, 5) is 45.8. The van der Waals surface area contributed by atoms with E-state index in [4.69, 9.17) is 29.7 Å². The van der Waals surface area contributed by atoms with E-state index in [0.29, 0.717) is 0 Å². The minimum Gasteiger partial charge on any atom is -3.00 e. The first kappa shape index (κ1) is 110. The largest absolute Gasteiger partial charge is 3.00 e. The van der Waals surface area contributed by atoms with Gasteiger partial charge >= 0.3 is 17.3 Å². The summed E-state index contributed by atoms with van der Waals surface area (Å²) in [6.07, 6.45) is 21.1. The second kappa shape index (κ2) is 52.5. The number of allylic oxidation sites excluding steroid dienone is 8. The number of nitrogens with one attached hydrogen (secondary N) is 2. The number of aromatic amines is 2. The summed E-state index contributed by atoms with van der Waals surface area (Å²) in [6.45, 7) is 19.5. The third kappa shape index (κ3) is 27.8. The molecule has 0 bridgehead atoms. The number of benzene rings is 18. The number of pyridine rings is 5. The molecule has 2 radical (unpaired) electrons. The molecule has 0 saturated carbocycles. The summed E-state index contributed by atoms with van der Waals surface area (Å²) in [6, 6.07) is 145. The van der Waals surface area contributed by atoms with Crippen LogP contribution in [0.25, 0.3) is 186 Å². The number of nitrogens with zero attached hydrogens (tertiary/aromatic N) is 3. The fourth-order valence-corrected chi connectivity index (χ4v) is 18.3. The van der Waals surface area contributed by atoms with E-state index in [9.17, 15) is 0 Å². The molecule has 24 rings (SSSR count). The molecule has 0 aliphatic heterocycles. The normalized spacial score (nSPS) is 11.1. The van der Waals surface area contributed by atoms with E-state index < -0.39 is 0 Å². The zero-order valence-corrected chi connectivity index (χ0v) is 91.8. The van der Waals surface area contributed by atoms with Crippen LogP contribution in [0, 0.1) is 65.0 Å². The van der Waals surface area contributed by atoms with Crippen molar-refractivity contribution in [3.63, 3.8) is 0 Å². The van der Waals surface area contributed by atoms with E-state index >= 15 is 0 Å². The Balaban J connectivity index is 0.000000143. The van der Waals surface area contributed by atoms with Crippen LogP contribution in [0.15, 0.2) is 449 Å². The molecule has 1 aliphatic carbocycles. The smallest absolute Gasteiger partial charge is 0.316 e. The summed E-state index contributed by atoms with van der Waals surface area (Å²) in [5.74, 6) is 0.750. The number of aromatic nitrogens is 5. The molecule has 8 N–H and O–H groups in total. The van der Waals surface area contributed by atoms with E-state index in [2.05, 4.69) is 454 Å². The van der Waals surface area contributed by atoms with E-state index in [1.165, 1.54) is 229 Å². The SMILES string of the molecule is CC(=[OH+])C=C(C)O.CC(=[OH+])C=C(C)O.CC(=[OH+])C=C(C)O.Cc1[c-]c(-c2nccc3c2ccc2ccccc23)ccc1.Cc1[c-]c(C2=[C+]C=Cc3c2ccc2ccccc32)ccc1.Cc1cc[c-]c(-c2nccc3c2ccc2ccccc23)c1.Cc1cc[c-]c(-c2nccc3c2ccc2ccccc23)c1.Cc1cccc(-c2[nH+]ccc3c2ccc2ccccc23)c1.[Ir-3].[Ir].[Ir].c1ccc(-c2[nH+]ccc3c2ccc2ccccc23)cc1. The van der Waals surface area contributed by atoms with Crippen LogP contribution >= 0.6 is 0 Å². The van der Waals surface area contributed by atoms with Crippen molar-refractivity contribution in [1.29, 1.82) is 0 Å². The van der Waals surface area contributed by atoms with Crippen molar-refractivity contribution in [2.75, 3.05) is 0 Å². The zero-order valence-electron chi connectivity index (χ0n) is 84.6. The fourth-order valence-electron chi connectivity index (χ4n) is 18.3. The van der Waals surface area contributed by atoms with E-state index in [1.54, 1.807) is 0 Å². The van der Waals surface area contributed by atoms with Crippen LogP contribution in [0.4, 0.5) is 0 Å². The van der Waals surface area contributed by atoms with Gasteiger partial charge in [0.1, 0.15) is 0 Å². The van der Waals surface area contributed by atoms with Crippen LogP contribution in [-0.4, -0.2) is 62.0 Å². The standard InChI is InChI=1S/C21H14.C20H15N.3C20H14N.C19H13N.3C5H8O2.3Ir/c1-15-6-4-8-17(14-15)19-10-5-11-20-18-9-3-2-7-16(18)12-13-21(19)20;4*1-14-5-4-7-16(13-14)20-19-10-9-15-6-2-3-8-17(15)18(19)11-12-21-20;1-2-7-15(8-3-1)19-18-11-10-14-6-4-5-9-16(14)17(18)12-13-20-19;3*1-4(6)3-5(2)7;;;/h2-9,11-13H,1H3;2-13H,1H3;2*2-6,8-13H,1H3;2-12H,1H3;1-13H;3*3,6H,1-2H3;;;/q;;3*-1;;;;;;;-3/p+5. The average molecular weight is 2480 g/mol. The average Bonchev–Trinajstić information content (AvgIpc) is 0.802. The molecule has 0 saturated heterocycles. The Morgan fingerprint density at radius 2 is 0.617 bits per heavy atom. The molecule has 0 unspecified atom stereocenters. The third-order valence-electron chi connectivity index (χ3n) is 24.6. The molecule has 0 amide bonds. The van der Waals surface area contributed by atoms with E-state index in [0.717, 1.165) is 56.0 Å². The van der Waals surface area contributed by atoms with Crippen molar-refractivity contribution < 1.29 is 100.0 Å². The van der Waals surface area contributed by atoms with Gasteiger partial charge in [0.15, 0.2) is 12.4 Å². The molecular weight excluding hydrogens is 2360 g/mol. The van der Waals surface area contributed by atoms with Gasteiger partial charge in [0.2, 0.25) is 11.4 Å². The number of aliphatic hydroxyl groups is 3. The van der Waals surface area contributed by atoms with Gasteiger partial charge in [0.25, 0.3) is 0 Å². The van der Waals surface area contributed by atoms with Gasteiger partial charge in [-0.05, 0) is 209 Å². The first-order chi connectivity index (χ1) is 70.9. The third-order valence-corrected chi connectivity index (χ3v) is 24.6. The van der Waals surface area contributed by atoms with Gasteiger partial charge in [-0.15, -0.1) is 130 Å². The quantitative estimate of drug-likeness (QED) is 0.0423. The molecule has 0 atom stereocenters. The molecule has 23 aromatic rings. The summed E-state index contributed by atoms with van der Waals surface area (Å²) in [7, 11) is 0. The van der Waals surface area contributed by atoms with Crippen LogP contribution < -0.4 is 9.97 Å². The number of ketones is 3. The van der Waals surface area contributed by atoms with Crippen molar-refractivity contribution in [1.82, 2.24) is 15.0 Å². The maximum atomic E-state index is 8.40. The number of fused-ring (bicyclic) bond motifs is 18. The Morgan fingerprint density at radius 3 is 0.993 bits per heavy atom. The fraction of sp³-hybridized carbons (Fsp3) is 0.0815. The van der Waals surface area contributed by atoms with Crippen LogP contribution in [-0.2, 0) is 60.3 Å². The van der Waals surface area contributed by atoms with E-state index in [1.807, 2.05) is 55.3 Å². The minimum absolute atomic E-state index is 0. The molecule has 1 aliphatic rings. The van der Waals surface area contributed by atoms with Crippen molar-refractivity contribution in [3.8, 4) is 56.3 Å². The van der Waals surface area contributed by atoms with Crippen molar-refractivity contribution in [2.24, 2.45) is 0 Å². The van der Waals surface area contributed by atoms with Gasteiger partial charge in [0.05, 0.1) is 84.3 Å². The molecule has 5 heterocycles. The molecule has 0 fully saturated rings. The minimum atomic E-state index is 0. The Labute approximate surface area is 910 Å². The second-order valence-electron chi connectivity index (χ2n) is 36.0. The molecule has 14 heteroatoms. The second-order valence-corrected chi connectivity index (χ2v) is 36.0. The first-order valence-electron chi connectivity index (χ1n) is 48.5. The molecule has 11 nitrogen and oxygen atoms in total. The van der Waals surface area contributed by atoms with Crippen LogP contribution in [0.2, 0.25) is 0 Å². The maximum absolute atomic E-state index is 8.40. The number of carbonyl (C=O) groups excluding carboxylic acids is 3. The molecule has 18 aromatic carbocycles. The van der Waals surface area contributed by atoms with Gasteiger partial charge in [-0.2, -0.15) is 0 Å². The monoisotopic (exact) mass is 2480 g/mol. The topological polar surface area (TPSA) is 192 Å². The maximum Gasteiger partial charge on any atom is 0.316 e. The Hall–Kier alpha value is -16.5. The number of hydrogen-bond donors (Lipinski definition) is 3. The summed E-state index contributed by atoms with van der Waals surface area (Å²) in [5, 5.41) is 52.9. The number of H-pyrrole nitrogens is 2. The van der Waals surface area contributed by atoms with Gasteiger partial charge in [-0.1, -0.05) is 269 Å². The van der Waals surface area contributed by atoms with Crippen molar-refractivity contribution in [2.45, 2.75) is 76.2 Å². The number of hydrogen-bond acceptors (Lipinski definition) is 6. The summed E-state index contributed by atoms with van der Waals surface area (Å²) < 4.78 is 0. The first-order valence-corrected chi connectivity index (χ1v) is 48.5. The number of aryl methyl sites for hydroxylation is 5. The molecule has 0 spiro atoms. The Bertz CT molecular complexity index is 8240. The molecular formula is C135H113Ir3N5O6-. The molecule has 149 heavy (non-hydrogen) atoms.